The molecule has 4 rings (SSSR count). The van der Waals surface area contributed by atoms with Gasteiger partial charge >= 0.3 is 11.6 Å². The Morgan fingerprint density at radius 1 is 1.00 bits per heavy atom. The molecule has 0 unspecified atom stereocenters. The van der Waals surface area contributed by atoms with Gasteiger partial charge in [0.1, 0.15) is 16.9 Å². The van der Waals surface area contributed by atoms with Crippen LogP contribution in [0, 0.1) is 13.8 Å². The monoisotopic (exact) mass is 433 g/mol. The second-order valence-corrected chi connectivity index (χ2v) is 7.76. The Kier molecular flexibility index (Phi) is 5.81. The van der Waals surface area contributed by atoms with Crippen molar-refractivity contribution in [3.05, 3.63) is 69.8 Å². The van der Waals surface area contributed by atoms with E-state index in [2.05, 4.69) is 5.32 Å². The lowest BCUT2D eigenvalue weighted by atomic mass is 9.98. The topological polar surface area (TPSA) is 110 Å². The molecular weight excluding hydrogens is 410 g/mol. The summed E-state index contributed by atoms with van der Waals surface area (Å²) in [6.07, 6.45) is 0.166. The maximum Gasteiger partial charge on any atom is 0.340 e. The Morgan fingerprint density at radius 3 is 2.44 bits per heavy atom. The van der Waals surface area contributed by atoms with Gasteiger partial charge in [-0.1, -0.05) is 30.3 Å². The zero-order valence-electron chi connectivity index (χ0n) is 17.9. The first-order valence-electron chi connectivity index (χ1n) is 10.4. The van der Waals surface area contributed by atoms with Gasteiger partial charge in [0.2, 0.25) is 5.91 Å². The number of nitrogens with one attached hydrogen (secondary N) is 1. The molecular formula is C25H23NO6. The van der Waals surface area contributed by atoms with Crippen molar-refractivity contribution in [1.82, 2.24) is 5.32 Å². The molecule has 0 fully saturated rings. The number of carboxylic acid groups (broad SMARTS) is 1. The van der Waals surface area contributed by atoms with Gasteiger partial charge in [0.05, 0.1) is 12.0 Å². The zero-order valence-corrected chi connectivity index (χ0v) is 17.9. The molecule has 0 saturated heterocycles. The van der Waals surface area contributed by atoms with Gasteiger partial charge < -0.3 is 19.3 Å². The fourth-order valence-corrected chi connectivity index (χ4v) is 3.96. The third-order valence-corrected chi connectivity index (χ3v) is 5.56. The molecule has 2 aromatic heterocycles. The highest BCUT2D eigenvalue weighted by molar-refractivity contribution is 6.03. The number of rotatable bonds is 7. The van der Waals surface area contributed by atoms with E-state index in [1.807, 2.05) is 43.3 Å². The van der Waals surface area contributed by atoms with E-state index >= 15 is 0 Å². The predicted molar refractivity (Wildman–Crippen MR) is 121 cm³/mol. The van der Waals surface area contributed by atoms with Crippen molar-refractivity contribution in [2.24, 2.45) is 0 Å². The number of amides is 1. The quantitative estimate of drug-likeness (QED) is 0.331. The van der Waals surface area contributed by atoms with Crippen molar-refractivity contribution in [2.45, 2.75) is 33.1 Å². The Labute approximate surface area is 183 Å². The molecule has 0 radical (unpaired) electrons. The van der Waals surface area contributed by atoms with E-state index < -0.39 is 11.6 Å². The Bertz CT molecular complexity index is 1380. The van der Waals surface area contributed by atoms with Crippen LogP contribution >= 0.6 is 0 Å². The van der Waals surface area contributed by atoms with Crippen molar-refractivity contribution in [2.75, 3.05) is 6.54 Å². The summed E-state index contributed by atoms with van der Waals surface area (Å²) in [7, 11) is 0. The van der Waals surface area contributed by atoms with Crippen molar-refractivity contribution in [3.63, 3.8) is 0 Å². The lowest BCUT2D eigenvalue weighted by Crippen LogP contribution is -2.28. The predicted octanol–water partition coefficient (Wildman–Crippen LogP) is 4.35. The highest BCUT2D eigenvalue weighted by atomic mass is 16.4. The van der Waals surface area contributed by atoms with Gasteiger partial charge in [-0.25, -0.2) is 4.79 Å². The molecule has 0 spiro atoms. The maximum absolute atomic E-state index is 12.6. The fraction of sp³-hybridized carbons (Fsp3) is 0.240. The number of hydrogen-bond donors (Lipinski definition) is 2. The molecule has 0 saturated carbocycles. The number of fused-ring (bicyclic) bond motifs is 2. The largest absolute Gasteiger partial charge is 0.481 e. The summed E-state index contributed by atoms with van der Waals surface area (Å²) in [5.74, 6) is -0.501. The van der Waals surface area contributed by atoms with E-state index in [0.717, 1.165) is 27.7 Å². The van der Waals surface area contributed by atoms with Crippen LogP contribution in [0.1, 0.15) is 29.7 Å². The maximum atomic E-state index is 12.6. The fourth-order valence-electron chi connectivity index (χ4n) is 3.96. The van der Waals surface area contributed by atoms with Crippen LogP contribution in [0.25, 0.3) is 33.1 Å². The number of carbonyl (C=O) groups excluding carboxylic acids is 1. The van der Waals surface area contributed by atoms with Crippen LogP contribution in [0.15, 0.2) is 56.1 Å². The van der Waals surface area contributed by atoms with Crippen LogP contribution in [0.5, 0.6) is 0 Å². The zero-order chi connectivity index (χ0) is 22.8. The summed E-state index contributed by atoms with van der Waals surface area (Å²) < 4.78 is 11.5. The molecule has 0 aliphatic heterocycles. The molecule has 164 valence electrons. The van der Waals surface area contributed by atoms with Gasteiger partial charge in [-0.15, -0.1) is 0 Å². The number of aryl methyl sites for hydroxylation is 2. The number of hydrogen-bond acceptors (Lipinski definition) is 5. The second-order valence-electron chi connectivity index (χ2n) is 7.76. The molecule has 7 nitrogen and oxygen atoms in total. The molecule has 2 aromatic carbocycles. The summed E-state index contributed by atoms with van der Waals surface area (Å²) in [6, 6.07) is 13.6. The van der Waals surface area contributed by atoms with Gasteiger partial charge in [-0.2, -0.15) is 0 Å². The van der Waals surface area contributed by atoms with Crippen molar-refractivity contribution >= 4 is 33.8 Å². The smallest absolute Gasteiger partial charge is 0.340 e. The standard InChI is InChI=1S/C25H23NO6/c1-14-17-11-19-21(31-15(2)24(19)16-7-4-3-5-8-16)13-20(17)32-25(30)18(14)12-22(27)26-10-6-9-23(28)29/h3-5,7-8,11,13H,6,9-10,12H2,1-2H3,(H,26,27)(H,28,29). The number of furan rings is 1. The van der Waals surface area contributed by atoms with Crippen LogP contribution in [0.3, 0.4) is 0 Å². The minimum Gasteiger partial charge on any atom is -0.481 e. The molecule has 4 aromatic rings. The van der Waals surface area contributed by atoms with Gasteiger partial charge in [-0.05, 0) is 37.5 Å². The number of aliphatic carboxylic acids is 1. The molecule has 0 atom stereocenters. The first-order valence-corrected chi connectivity index (χ1v) is 10.4. The van der Waals surface area contributed by atoms with Crippen LogP contribution in [-0.2, 0) is 16.0 Å². The summed E-state index contributed by atoms with van der Waals surface area (Å²) in [5.41, 5.74) is 3.43. The molecule has 2 N–H and O–H groups in total. The number of carboxylic acids is 1. The Balaban J connectivity index is 1.72. The highest BCUT2D eigenvalue weighted by Gasteiger charge is 2.19. The third kappa shape index (κ3) is 4.14. The summed E-state index contributed by atoms with van der Waals surface area (Å²) in [4.78, 5) is 35.5. The molecule has 7 heteroatoms. The highest BCUT2D eigenvalue weighted by Crippen LogP contribution is 2.37. The van der Waals surface area contributed by atoms with Crippen molar-refractivity contribution < 1.29 is 23.5 Å². The van der Waals surface area contributed by atoms with E-state index in [1.165, 1.54) is 0 Å². The van der Waals surface area contributed by atoms with Crippen LogP contribution in [0.4, 0.5) is 0 Å². The van der Waals surface area contributed by atoms with Crippen LogP contribution in [-0.4, -0.2) is 23.5 Å². The first kappa shape index (κ1) is 21.4. The van der Waals surface area contributed by atoms with E-state index in [9.17, 15) is 14.4 Å². The van der Waals surface area contributed by atoms with E-state index in [-0.39, 0.29) is 30.9 Å². The van der Waals surface area contributed by atoms with Gasteiger partial charge in [0.25, 0.3) is 0 Å². The second kappa shape index (κ2) is 8.70. The minimum atomic E-state index is -0.916. The van der Waals surface area contributed by atoms with Crippen molar-refractivity contribution in [1.29, 1.82) is 0 Å². The summed E-state index contributed by atoms with van der Waals surface area (Å²) in [6.45, 7) is 3.93. The normalized spacial score (nSPS) is 11.2. The summed E-state index contributed by atoms with van der Waals surface area (Å²) in [5, 5.41) is 13.0. The van der Waals surface area contributed by atoms with E-state index in [1.54, 1.807) is 13.0 Å². The van der Waals surface area contributed by atoms with Gasteiger partial charge in [0, 0.05) is 35.4 Å². The first-order chi connectivity index (χ1) is 15.3. The molecule has 0 aliphatic carbocycles. The SMILES string of the molecule is Cc1oc2cc3oc(=O)c(CC(=O)NCCCC(=O)O)c(C)c3cc2c1-c1ccccc1. The van der Waals surface area contributed by atoms with Crippen LogP contribution in [0.2, 0.25) is 0 Å². The lowest BCUT2D eigenvalue weighted by molar-refractivity contribution is -0.137. The molecule has 1 amide bonds. The molecule has 0 bridgehead atoms. The molecule has 2 heterocycles. The van der Waals surface area contributed by atoms with E-state index in [4.69, 9.17) is 13.9 Å². The molecule has 0 aliphatic rings. The number of carbonyl (C=O) groups is 2. The minimum absolute atomic E-state index is 0.0265. The Morgan fingerprint density at radius 2 is 1.72 bits per heavy atom. The average Bonchev–Trinajstić information content (AvgIpc) is 3.08. The lowest BCUT2D eigenvalue weighted by Gasteiger charge is -2.09. The average molecular weight is 433 g/mol. The molecule has 32 heavy (non-hydrogen) atoms. The van der Waals surface area contributed by atoms with Gasteiger partial charge in [-0.3, -0.25) is 9.59 Å². The summed E-state index contributed by atoms with van der Waals surface area (Å²) >= 11 is 0. The van der Waals surface area contributed by atoms with Crippen LogP contribution < -0.4 is 10.9 Å². The van der Waals surface area contributed by atoms with Gasteiger partial charge in [0.15, 0.2) is 0 Å². The van der Waals surface area contributed by atoms with E-state index in [0.29, 0.717) is 23.2 Å². The Hall–Kier alpha value is -3.87. The third-order valence-electron chi connectivity index (χ3n) is 5.56. The number of benzene rings is 2. The van der Waals surface area contributed by atoms with Crippen molar-refractivity contribution in [3.8, 4) is 11.1 Å².